The molecule has 0 atom stereocenters. The molecule has 0 saturated carbocycles. The first-order valence-corrected chi connectivity index (χ1v) is 9.12. The molecule has 1 N–H and O–H groups in total. The van der Waals surface area contributed by atoms with Crippen LogP contribution in [0, 0.1) is 0 Å². The van der Waals surface area contributed by atoms with E-state index >= 15 is 0 Å². The van der Waals surface area contributed by atoms with E-state index in [0.717, 1.165) is 17.1 Å². The zero-order valence-electron chi connectivity index (χ0n) is 14.2. The smallest absolute Gasteiger partial charge is 0.230 e. The number of aromatic nitrogens is 3. The molecule has 0 bridgehead atoms. The van der Waals surface area contributed by atoms with Gasteiger partial charge < -0.3 is 5.32 Å². The van der Waals surface area contributed by atoms with Gasteiger partial charge in [-0.2, -0.15) is 0 Å². The maximum Gasteiger partial charge on any atom is 0.230 e. The molecule has 6 heteroatoms. The first kappa shape index (κ1) is 17.2. The van der Waals surface area contributed by atoms with Crippen LogP contribution in [0.3, 0.4) is 0 Å². The minimum Gasteiger partial charge on any atom is -0.353 e. The highest BCUT2D eigenvalue weighted by Gasteiger charge is 2.17. The molecule has 1 heterocycles. The van der Waals surface area contributed by atoms with Crippen LogP contribution >= 0.6 is 11.8 Å². The summed E-state index contributed by atoms with van der Waals surface area (Å²) in [5.41, 5.74) is 1.95. The highest BCUT2D eigenvalue weighted by molar-refractivity contribution is 7.99. The summed E-state index contributed by atoms with van der Waals surface area (Å²) in [4.78, 5) is 12.0. The van der Waals surface area contributed by atoms with Crippen molar-refractivity contribution < 1.29 is 4.79 Å². The van der Waals surface area contributed by atoms with Crippen molar-refractivity contribution in [1.82, 2.24) is 20.1 Å². The largest absolute Gasteiger partial charge is 0.353 e. The van der Waals surface area contributed by atoms with Gasteiger partial charge in [0.15, 0.2) is 11.0 Å². The summed E-state index contributed by atoms with van der Waals surface area (Å²) in [7, 11) is 0. The van der Waals surface area contributed by atoms with Crippen molar-refractivity contribution in [3.8, 4) is 17.1 Å². The number of nitrogens with zero attached hydrogens (tertiary/aromatic N) is 3. The van der Waals surface area contributed by atoms with E-state index in [1.54, 1.807) is 0 Å². The molecule has 0 aliphatic rings. The molecule has 0 aliphatic carbocycles. The molecular formula is C19H20N4OS. The summed E-state index contributed by atoms with van der Waals surface area (Å²) in [6, 6.07) is 20.0. The lowest BCUT2D eigenvalue weighted by Crippen LogP contribution is -2.31. The van der Waals surface area contributed by atoms with E-state index in [9.17, 15) is 4.79 Å². The number of thioether (sulfide) groups is 1. The lowest BCUT2D eigenvalue weighted by Gasteiger charge is -2.11. The van der Waals surface area contributed by atoms with Crippen molar-refractivity contribution in [1.29, 1.82) is 0 Å². The van der Waals surface area contributed by atoms with Crippen LogP contribution in [0.25, 0.3) is 17.1 Å². The normalized spacial score (nSPS) is 10.8. The van der Waals surface area contributed by atoms with Gasteiger partial charge in [0.25, 0.3) is 0 Å². The second-order valence-corrected chi connectivity index (χ2v) is 6.80. The highest BCUT2D eigenvalue weighted by atomic mass is 32.2. The Labute approximate surface area is 151 Å². The van der Waals surface area contributed by atoms with Crippen LogP contribution in [0.2, 0.25) is 0 Å². The molecule has 1 aromatic heterocycles. The molecule has 0 aliphatic heterocycles. The monoisotopic (exact) mass is 352 g/mol. The molecule has 2 aromatic carbocycles. The van der Waals surface area contributed by atoms with Crippen LogP contribution in [0.4, 0.5) is 0 Å². The van der Waals surface area contributed by atoms with E-state index < -0.39 is 0 Å². The predicted molar refractivity (Wildman–Crippen MR) is 101 cm³/mol. The van der Waals surface area contributed by atoms with Crippen LogP contribution in [0.5, 0.6) is 0 Å². The third-order valence-corrected chi connectivity index (χ3v) is 4.39. The molecule has 3 rings (SSSR count). The minimum absolute atomic E-state index is 0.0103. The Bertz CT molecular complexity index is 831. The molecular weight excluding hydrogens is 332 g/mol. The molecule has 1 amide bonds. The quantitative estimate of drug-likeness (QED) is 0.689. The maximum absolute atomic E-state index is 12.0. The molecule has 128 valence electrons. The number of amides is 1. The lowest BCUT2D eigenvalue weighted by atomic mass is 10.2. The van der Waals surface area contributed by atoms with Gasteiger partial charge in [-0.05, 0) is 26.0 Å². The molecule has 3 aromatic rings. The summed E-state index contributed by atoms with van der Waals surface area (Å²) >= 11 is 1.38. The number of hydrogen-bond acceptors (Lipinski definition) is 4. The second kappa shape index (κ2) is 7.98. The zero-order valence-corrected chi connectivity index (χ0v) is 15.0. The molecule has 5 nitrogen and oxygen atoms in total. The van der Waals surface area contributed by atoms with Crippen molar-refractivity contribution in [2.24, 2.45) is 0 Å². The topological polar surface area (TPSA) is 59.8 Å². The van der Waals surface area contributed by atoms with Gasteiger partial charge in [0.2, 0.25) is 5.91 Å². The Kier molecular flexibility index (Phi) is 5.50. The van der Waals surface area contributed by atoms with Crippen molar-refractivity contribution in [2.75, 3.05) is 5.75 Å². The summed E-state index contributed by atoms with van der Waals surface area (Å²) in [6.07, 6.45) is 0. The van der Waals surface area contributed by atoms with Crippen molar-refractivity contribution in [3.05, 3.63) is 60.7 Å². The standard InChI is InChI=1S/C19H20N4OS/c1-14(2)20-17(24)13-25-19-22-21-18(15-9-5-3-6-10-15)23(19)16-11-7-4-8-12-16/h3-12,14H,13H2,1-2H3,(H,20,24). The molecule has 25 heavy (non-hydrogen) atoms. The molecule has 0 spiro atoms. The number of hydrogen-bond donors (Lipinski definition) is 1. The average molecular weight is 352 g/mol. The fourth-order valence-corrected chi connectivity index (χ4v) is 3.20. The van der Waals surface area contributed by atoms with Crippen LogP contribution < -0.4 is 5.32 Å². The van der Waals surface area contributed by atoms with E-state index in [-0.39, 0.29) is 11.9 Å². The van der Waals surface area contributed by atoms with Crippen molar-refractivity contribution in [3.63, 3.8) is 0 Å². The van der Waals surface area contributed by atoms with E-state index in [0.29, 0.717) is 10.9 Å². The summed E-state index contributed by atoms with van der Waals surface area (Å²) < 4.78 is 1.99. The lowest BCUT2D eigenvalue weighted by molar-refractivity contribution is -0.119. The predicted octanol–water partition coefficient (Wildman–Crippen LogP) is 3.55. The van der Waals surface area contributed by atoms with Crippen LogP contribution in [0.15, 0.2) is 65.8 Å². The minimum atomic E-state index is -0.0103. The van der Waals surface area contributed by atoms with E-state index in [1.807, 2.05) is 79.1 Å². The van der Waals surface area contributed by atoms with Gasteiger partial charge in [0, 0.05) is 17.3 Å². The summed E-state index contributed by atoms with van der Waals surface area (Å²) in [6.45, 7) is 3.89. The zero-order chi connectivity index (χ0) is 17.6. The summed E-state index contributed by atoms with van der Waals surface area (Å²) in [5.74, 6) is 1.06. The van der Waals surface area contributed by atoms with Gasteiger partial charge >= 0.3 is 0 Å². The van der Waals surface area contributed by atoms with Gasteiger partial charge in [0.1, 0.15) is 0 Å². The average Bonchev–Trinajstić information content (AvgIpc) is 3.05. The SMILES string of the molecule is CC(C)NC(=O)CSc1nnc(-c2ccccc2)n1-c1ccccc1. The third kappa shape index (κ3) is 4.28. The Hall–Kier alpha value is -2.60. The maximum atomic E-state index is 12.0. The number of carbonyl (C=O) groups excluding carboxylic acids is 1. The van der Waals surface area contributed by atoms with Crippen LogP contribution in [-0.2, 0) is 4.79 Å². The van der Waals surface area contributed by atoms with E-state index in [4.69, 9.17) is 0 Å². The molecule has 0 radical (unpaired) electrons. The molecule has 0 unspecified atom stereocenters. The van der Waals surface area contributed by atoms with Gasteiger partial charge in [-0.1, -0.05) is 60.3 Å². The molecule has 0 fully saturated rings. The summed E-state index contributed by atoms with van der Waals surface area (Å²) in [5, 5.41) is 12.3. The Balaban J connectivity index is 1.94. The Morgan fingerprint density at radius 3 is 2.32 bits per heavy atom. The number of rotatable bonds is 6. The second-order valence-electron chi connectivity index (χ2n) is 5.85. The van der Waals surface area contributed by atoms with Gasteiger partial charge in [0.05, 0.1) is 5.75 Å². The molecule has 0 saturated heterocycles. The number of para-hydroxylation sites is 1. The number of benzene rings is 2. The number of nitrogens with one attached hydrogen (secondary N) is 1. The van der Waals surface area contributed by atoms with Gasteiger partial charge in [-0.15, -0.1) is 10.2 Å². The fraction of sp³-hybridized carbons (Fsp3) is 0.211. The third-order valence-electron chi connectivity index (χ3n) is 3.46. The van der Waals surface area contributed by atoms with Gasteiger partial charge in [-0.3, -0.25) is 9.36 Å². The first-order valence-electron chi connectivity index (χ1n) is 8.13. The van der Waals surface area contributed by atoms with E-state index in [1.165, 1.54) is 11.8 Å². The van der Waals surface area contributed by atoms with Crippen LogP contribution in [0.1, 0.15) is 13.8 Å². The first-order chi connectivity index (χ1) is 12.1. The Morgan fingerprint density at radius 1 is 1.04 bits per heavy atom. The van der Waals surface area contributed by atoms with E-state index in [2.05, 4.69) is 15.5 Å². The Morgan fingerprint density at radius 2 is 1.68 bits per heavy atom. The fourth-order valence-electron chi connectivity index (χ4n) is 2.44. The number of carbonyl (C=O) groups is 1. The van der Waals surface area contributed by atoms with Crippen molar-refractivity contribution >= 4 is 17.7 Å². The van der Waals surface area contributed by atoms with Crippen LogP contribution in [-0.4, -0.2) is 32.5 Å². The van der Waals surface area contributed by atoms with Gasteiger partial charge in [-0.25, -0.2) is 0 Å². The highest BCUT2D eigenvalue weighted by Crippen LogP contribution is 2.27. The van der Waals surface area contributed by atoms with Crippen molar-refractivity contribution in [2.45, 2.75) is 25.0 Å².